The second-order valence-electron chi connectivity index (χ2n) is 10.1. The molecule has 0 aliphatic carbocycles. The normalized spacial score (nSPS) is 13.8. The summed E-state index contributed by atoms with van der Waals surface area (Å²) in [5, 5.41) is 19.0. The van der Waals surface area contributed by atoms with Gasteiger partial charge in [0.05, 0.1) is 17.4 Å². The van der Waals surface area contributed by atoms with E-state index in [0.29, 0.717) is 16.9 Å². The van der Waals surface area contributed by atoms with E-state index in [1.165, 1.54) is 6.07 Å². The molecule has 3 aromatic carbocycles. The molecule has 1 amide bonds. The van der Waals surface area contributed by atoms with Crippen LogP contribution < -0.4 is 20.9 Å². The van der Waals surface area contributed by atoms with E-state index in [4.69, 9.17) is 0 Å². The van der Waals surface area contributed by atoms with Crippen molar-refractivity contribution >= 4 is 40.0 Å². The van der Waals surface area contributed by atoms with Crippen LogP contribution in [0.15, 0.2) is 72.9 Å². The van der Waals surface area contributed by atoms with E-state index in [0.717, 1.165) is 59.9 Å². The number of hydrogen-bond acceptors (Lipinski definition) is 5. The summed E-state index contributed by atoms with van der Waals surface area (Å²) in [6.45, 7) is 5.59. The minimum Gasteiger partial charge on any atom is -0.393 e. The number of hydrogen-bond donors (Lipinski definition) is 4. The van der Waals surface area contributed by atoms with Gasteiger partial charge in [-0.05, 0) is 99.0 Å². The van der Waals surface area contributed by atoms with Crippen LogP contribution in [-0.2, 0) is 7.05 Å². The maximum Gasteiger partial charge on any atom is 0.257 e. The summed E-state index contributed by atoms with van der Waals surface area (Å²) >= 11 is 0. The first-order valence-electron chi connectivity index (χ1n) is 13.2. The Bertz CT molecular complexity index is 1460. The number of aliphatic hydroxyl groups excluding tert-OH is 1. The monoisotopic (exact) mass is 527 g/mol. The van der Waals surface area contributed by atoms with Crippen molar-refractivity contribution in [3.63, 3.8) is 0 Å². The number of carbonyl (C=O) groups is 1. The molecular weight excluding hydrogens is 493 g/mol. The van der Waals surface area contributed by atoms with Gasteiger partial charge >= 0.3 is 0 Å². The molecule has 1 aliphatic rings. The lowest BCUT2D eigenvalue weighted by Gasteiger charge is -2.31. The number of anilines is 6. The van der Waals surface area contributed by atoms with Gasteiger partial charge in [0.15, 0.2) is 0 Å². The minimum absolute atomic E-state index is 0.183. The molecule has 1 saturated heterocycles. The number of aliphatic hydroxyl groups is 1. The maximum atomic E-state index is 14.8. The zero-order chi connectivity index (χ0) is 27.5. The predicted octanol–water partition coefficient (Wildman–Crippen LogP) is 6.48. The minimum atomic E-state index is -0.459. The number of carbonyl (C=O) groups excluding carboxylic acids is 1. The molecule has 7 nitrogen and oxygen atoms in total. The van der Waals surface area contributed by atoms with Crippen LogP contribution >= 0.6 is 0 Å². The number of halogens is 1. The lowest BCUT2D eigenvalue weighted by Crippen LogP contribution is -2.35. The summed E-state index contributed by atoms with van der Waals surface area (Å²) in [5.41, 5.74) is 7.00. The second kappa shape index (κ2) is 11.2. The van der Waals surface area contributed by atoms with E-state index in [-0.39, 0.29) is 12.0 Å². The fraction of sp³-hybridized carbons (Fsp3) is 0.258. The Labute approximate surface area is 228 Å². The summed E-state index contributed by atoms with van der Waals surface area (Å²) < 4.78 is 16.7. The van der Waals surface area contributed by atoms with Crippen LogP contribution in [0.3, 0.4) is 0 Å². The average molecular weight is 528 g/mol. The Morgan fingerprint density at radius 2 is 1.44 bits per heavy atom. The summed E-state index contributed by atoms with van der Waals surface area (Å²) in [7, 11) is 1.89. The molecule has 39 heavy (non-hydrogen) atoms. The highest BCUT2D eigenvalue weighted by Crippen LogP contribution is 2.27. The molecule has 1 aliphatic heterocycles. The van der Waals surface area contributed by atoms with Crippen LogP contribution in [0.2, 0.25) is 0 Å². The van der Waals surface area contributed by atoms with E-state index < -0.39 is 5.82 Å². The zero-order valence-corrected chi connectivity index (χ0v) is 22.5. The molecule has 0 bridgehead atoms. The third-order valence-electron chi connectivity index (χ3n) is 7.42. The van der Waals surface area contributed by atoms with Crippen LogP contribution in [0.5, 0.6) is 0 Å². The van der Waals surface area contributed by atoms with Crippen molar-refractivity contribution in [2.75, 3.05) is 33.9 Å². The number of nitrogens with one attached hydrogen (secondary N) is 3. The van der Waals surface area contributed by atoms with Crippen LogP contribution in [0.25, 0.3) is 0 Å². The quantitative estimate of drug-likeness (QED) is 0.221. The molecular formula is C31H34FN5O2. The lowest BCUT2D eigenvalue weighted by molar-refractivity contribution is 0.102. The predicted molar refractivity (Wildman–Crippen MR) is 156 cm³/mol. The molecule has 0 unspecified atom stereocenters. The third-order valence-corrected chi connectivity index (χ3v) is 7.42. The zero-order valence-electron chi connectivity index (χ0n) is 22.5. The molecule has 1 aromatic heterocycles. The van der Waals surface area contributed by atoms with Crippen molar-refractivity contribution in [2.45, 2.75) is 32.8 Å². The number of piperidine rings is 1. The van der Waals surface area contributed by atoms with Gasteiger partial charge < -0.3 is 30.5 Å². The Kier molecular flexibility index (Phi) is 7.56. The number of benzene rings is 3. The Morgan fingerprint density at radius 3 is 2.00 bits per heavy atom. The van der Waals surface area contributed by atoms with Crippen LogP contribution in [-0.4, -0.2) is 34.8 Å². The average Bonchev–Trinajstić information content (AvgIpc) is 3.19. The number of rotatable bonds is 7. The van der Waals surface area contributed by atoms with Crippen molar-refractivity contribution in [1.29, 1.82) is 0 Å². The van der Waals surface area contributed by atoms with Gasteiger partial charge in [-0.3, -0.25) is 4.79 Å². The van der Waals surface area contributed by atoms with E-state index in [1.54, 1.807) is 18.3 Å². The first kappa shape index (κ1) is 26.3. The topological polar surface area (TPSA) is 81.6 Å². The first-order valence-corrected chi connectivity index (χ1v) is 13.2. The third kappa shape index (κ3) is 6.07. The molecule has 0 spiro atoms. The van der Waals surface area contributed by atoms with Crippen LogP contribution in [0, 0.1) is 19.7 Å². The molecule has 4 aromatic rings. The van der Waals surface area contributed by atoms with Crippen LogP contribution in [0.1, 0.15) is 34.5 Å². The van der Waals surface area contributed by atoms with Crippen LogP contribution in [0.4, 0.5) is 38.5 Å². The van der Waals surface area contributed by atoms with Gasteiger partial charge in [0.2, 0.25) is 0 Å². The van der Waals surface area contributed by atoms with Crippen molar-refractivity contribution in [3.8, 4) is 0 Å². The molecule has 8 heteroatoms. The maximum absolute atomic E-state index is 14.8. The fourth-order valence-electron chi connectivity index (χ4n) is 4.81. The molecule has 4 N–H and O–H groups in total. The fourth-order valence-corrected chi connectivity index (χ4v) is 4.81. The highest BCUT2D eigenvalue weighted by Gasteiger charge is 2.17. The number of aromatic nitrogens is 1. The van der Waals surface area contributed by atoms with Crippen molar-refractivity contribution in [1.82, 2.24) is 4.57 Å². The SMILES string of the molecule is Cc1c(C(=O)Nc2ccc(Nc3ccc(Nc4ccc(N5CCC(O)CC5)cc4)cc3)c(F)c2)cn(C)c1C. The Balaban J connectivity index is 1.17. The molecule has 0 atom stereocenters. The van der Waals surface area contributed by atoms with Gasteiger partial charge in [-0.15, -0.1) is 0 Å². The van der Waals surface area contributed by atoms with E-state index >= 15 is 0 Å². The Hall–Kier alpha value is -4.30. The van der Waals surface area contributed by atoms with Gasteiger partial charge in [0.25, 0.3) is 5.91 Å². The van der Waals surface area contributed by atoms with E-state index in [1.807, 2.05) is 61.9 Å². The largest absolute Gasteiger partial charge is 0.393 e. The second-order valence-corrected chi connectivity index (χ2v) is 10.1. The standard InChI is InChI=1S/C31H34FN5O2/c1-20-21(2)36(3)19-28(20)31(39)35-25-10-13-30(29(32)18-25)34-24-6-4-22(5-7-24)33-23-8-11-26(12-9-23)37-16-14-27(38)15-17-37/h4-13,18-19,27,33-34,38H,14-17H2,1-3H3,(H,35,39). The highest BCUT2D eigenvalue weighted by atomic mass is 19.1. The molecule has 0 saturated carbocycles. The first-order chi connectivity index (χ1) is 18.8. The summed E-state index contributed by atoms with van der Waals surface area (Å²) in [6.07, 6.45) is 3.21. The van der Waals surface area contributed by atoms with Gasteiger partial charge in [0.1, 0.15) is 5.82 Å². The van der Waals surface area contributed by atoms with Crippen molar-refractivity contribution in [2.24, 2.45) is 7.05 Å². The van der Waals surface area contributed by atoms with Gasteiger partial charge in [-0.1, -0.05) is 0 Å². The molecule has 202 valence electrons. The highest BCUT2D eigenvalue weighted by molar-refractivity contribution is 6.05. The summed E-state index contributed by atoms with van der Waals surface area (Å²) in [6, 6.07) is 20.5. The van der Waals surface area contributed by atoms with Crippen molar-refractivity contribution < 1.29 is 14.3 Å². The molecule has 2 heterocycles. The van der Waals surface area contributed by atoms with Crippen molar-refractivity contribution in [3.05, 3.63) is 95.6 Å². The molecule has 5 rings (SSSR count). The summed E-state index contributed by atoms with van der Waals surface area (Å²) in [4.78, 5) is 15.0. The van der Waals surface area contributed by atoms with E-state index in [2.05, 4.69) is 33.0 Å². The van der Waals surface area contributed by atoms with E-state index in [9.17, 15) is 14.3 Å². The van der Waals surface area contributed by atoms with Gasteiger partial charge in [0, 0.05) is 60.5 Å². The van der Waals surface area contributed by atoms with Gasteiger partial charge in [-0.25, -0.2) is 4.39 Å². The van der Waals surface area contributed by atoms with Gasteiger partial charge in [-0.2, -0.15) is 0 Å². The summed E-state index contributed by atoms with van der Waals surface area (Å²) in [5.74, 6) is -0.723. The molecule has 1 fully saturated rings. The smallest absolute Gasteiger partial charge is 0.257 e. The molecule has 0 radical (unpaired) electrons. The number of nitrogens with zero attached hydrogens (tertiary/aromatic N) is 2. The Morgan fingerprint density at radius 1 is 0.872 bits per heavy atom. The number of amides is 1. The lowest BCUT2D eigenvalue weighted by atomic mass is 10.1. The number of aryl methyl sites for hydroxylation is 1.